The Morgan fingerprint density at radius 3 is 2.62 bits per heavy atom. The molecular formula is C22H21N3O4. The third kappa shape index (κ3) is 4.79. The van der Waals surface area contributed by atoms with Gasteiger partial charge in [-0.25, -0.2) is 4.79 Å². The normalized spacial score (nSPS) is 13.6. The van der Waals surface area contributed by atoms with Crippen LogP contribution in [0.15, 0.2) is 48.5 Å². The van der Waals surface area contributed by atoms with Crippen LogP contribution in [0.5, 0.6) is 0 Å². The van der Waals surface area contributed by atoms with E-state index in [2.05, 4.69) is 5.32 Å². The fourth-order valence-corrected chi connectivity index (χ4v) is 3.23. The quantitative estimate of drug-likeness (QED) is 0.790. The van der Waals surface area contributed by atoms with Crippen molar-refractivity contribution in [1.82, 2.24) is 0 Å². The Labute approximate surface area is 168 Å². The number of benzene rings is 2. The number of amides is 2. The van der Waals surface area contributed by atoms with Crippen LogP contribution in [0.4, 0.5) is 11.4 Å². The van der Waals surface area contributed by atoms with Crippen LogP contribution in [0.3, 0.4) is 0 Å². The fourth-order valence-electron chi connectivity index (χ4n) is 3.23. The number of para-hydroxylation sites is 1. The van der Waals surface area contributed by atoms with Crippen molar-refractivity contribution in [3.05, 3.63) is 59.7 Å². The fraction of sp³-hybridized carbons (Fsp3) is 0.273. The predicted molar refractivity (Wildman–Crippen MR) is 107 cm³/mol. The van der Waals surface area contributed by atoms with E-state index >= 15 is 0 Å². The Hall–Kier alpha value is -3.66. The Balaban J connectivity index is 1.63. The van der Waals surface area contributed by atoms with Crippen molar-refractivity contribution in [3.63, 3.8) is 0 Å². The van der Waals surface area contributed by atoms with Crippen LogP contribution in [-0.2, 0) is 20.7 Å². The van der Waals surface area contributed by atoms with Crippen molar-refractivity contribution >= 4 is 29.2 Å². The number of carbonyl (C=O) groups is 3. The third-order valence-corrected chi connectivity index (χ3v) is 4.65. The number of nitriles is 1. The largest absolute Gasteiger partial charge is 0.449 e. The molecule has 2 amide bonds. The maximum Gasteiger partial charge on any atom is 0.338 e. The summed E-state index contributed by atoms with van der Waals surface area (Å²) >= 11 is 0. The van der Waals surface area contributed by atoms with Crippen LogP contribution in [0.1, 0.15) is 35.7 Å². The van der Waals surface area contributed by atoms with E-state index in [1.807, 2.05) is 24.3 Å². The number of aryl methyl sites for hydroxylation is 1. The minimum atomic E-state index is -0.927. The van der Waals surface area contributed by atoms with Gasteiger partial charge >= 0.3 is 5.97 Å². The number of hydrogen-bond donors (Lipinski definition) is 1. The maximum atomic E-state index is 12.8. The number of anilines is 2. The summed E-state index contributed by atoms with van der Waals surface area (Å²) in [6.07, 6.45) is 0.611. The zero-order valence-electron chi connectivity index (χ0n) is 16.1. The summed E-state index contributed by atoms with van der Waals surface area (Å²) in [6.45, 7) is 2.16. The van der Waals surface area contributed by atoms with Gasteiger partial charge in [-0.15, -0.1) is 0 Å². The molecule has 7 heteroatoms. The Bertz CT molecular complexity index is 963. The first-order valence-electron chi connectivity index (χ1n) is 9.36. The Kier molecular flexibility index (Phi) is 6.25. The molecule has 1 aliphatic heterocycles. The van der Waals surface area contributed by atoms with E-state index in [1.54, 1.807) is 30.0 Å². The van der Waals surface area contributed by atoms with Crippen LogP contribution in [0, 0.1) is 11.3 Å². The highest BCUT2D eigenvalue weighted by Crippen LogP contribution is 2.27. The second kappa shape index (κ2) is 9.02. The molecule has 1 unspecified atom stereocenters. The van der Waals surface area contributed by atoms with Crippen LogP contribution >= 0.6 is 0 Å². The second-order valence-corrected chi connectivity index (χ2v) is 6.73. The van der Waals surface area contributed by atoms with Crippen molar-refractivity contribution in [2.24, 2.45) is 0 Å². The van der Waals surface area contributed by atoms with Gasteiger partial charge in [-0.2, -0.15) is 5.26 Å². The van der Waals surface area contributed by atoms with Crippen molar-refractivity contribution in [3.8, 4) is 6.07 Å². The average Bonchev–Trinajstić information content (AvgIpc) is 2.73. The topological polar surface area (TPSA) is 99.5 Å². The molecule has 2 aromatic carbocycles. The van der Waals surface area contributed by atoms with E-state index in [0.717, 1.165) is 24.1 Å². The molecule has 148 valence electrons. The van der Waals surface area contributed by atoms with Gasteiger partial charge in [0.15, 0.2) is 6.10 Å². The van der Waals surface area contributed by atoms with E-state index in [-0.39, 0.29) is 17.9 Å². The highest BCUT2D eigenvalue weighted by molar-refractivity contribution is 6.00. The molecule has 0 saturated heterocycles. The number of fused-ring (bicyclic) bond motifs is 1. The monoisotopic (exact) mass is 391 g/mol. The molecule has 0 saturated carbocycles. The molecule has 0 spiro atoms. The van der Waals surface area contributed by atoms with E-state index in [0.29, 0.717) is 12.2 Å². The van der Waals surface area contributed by atoms with Gasteiger partial charge in [0.1, 0.15) is 6.42 Å². The van der Waals surface area contributed by atoms with Gasteiger partial charge < -0.3 is 15.0 Å². The lowest BCUT2D eigenvalue weighted by atomic mass is 10.0. The molecule has 1 atom stereocenters. The number of rotatable bonds is 5. The highest BCUT2D eigenvalue weighted by atomic mass is 16.5. The summed E-state index contributed by atoms with van der Waals surface area (Å²) in [5.74, 6) is -1.30. The van der Waals surface area contributed by atoms with Crippen LogP contribution in [0.2, 0.25) is 0 Å². The van der Waals surface area contributed by atoms with Gasteiger partial charge in [0.25, 0.3) is 5.91 Å². The second-order valence-electron chi connectivity index (χ2n) is 6.73. The predicted octanol–water partition coefficient (Wildman–Crippen LogP) is 3.06. The Morgan fingerprint density at radius 2 is 1.90 bits per heavy atom. The lowest BCUT2D eigenvalue weighted by Crippen LogP contribution is -2.42. The van der Waals surface area contributed by atoms with Crippen molar-refractivity contribution in [2.75, 3.05) is 16.8 Å². The Morgan fingerprint density at radius 1 is 1.17 bits per heavy atom. The third-order valence-electron chi connectivity index (χ3n) is 4.65. The zero-order chi connectivity index (χ0) is 20.8. The van der Waals surface area contributed by atoms with E-state index in [4.69, 9.17) is 10.00 Å². The molecule has 29 heavy (non-hydrogen) atoms. The summed E-state index contributed by atoms with van der Waals surface area (Å²) in [5, 5.41) is 11.1. The number of ether oxygens (including phenoxy) is 1. The van der Waals surface area contributed by atoms with Crippen LogP contribution in [0.25, 0.3) is 0 Å². The number of hydrogen-bond acceptors (Lipinski definition) is 5. The smallest absolute Gasteiger partial charge is 0.338 e. The number of nitrogens with zero attached hydrogens (tertiary/aromatic N) is 2. The molecule has 0 bridgehead atoms. The van der Waals surface area contributed by atoms with Gasteiger partial charge in [0, 0.05) is 17.9 Å². The lowest BCUT2D eigenvalue weighted by molar-refractivity contribution is -0.126. The van der Waals surface area contributed by atoms with E-state index in [1.165, 1.54) is 12.1 Å². The first-order chi connectivity index (χ1) is 14.0. The summed E-state index contributed by atoms with van der Waals surface area (Å²) < 4.78 is 5.37. The standard InChI is InChI=1S/C22H21N3O4/c1-15(21(27)25-14-4-6-16-5-2-3-7-19(16)25)29-22(28)17-8-10-18(11-9-17)24-20(26)12-13-23/h2-3,5,7-11,15H,4,6,12,14H2,1H3,(H,24,26). The highest BCUT2D eigenvalue weighted by Gasteiger charge is 2.28. The number of carbonyl (C=O) groups excluding carboxylic acids is 3. The minimum absolute atomic E-state index is 0.247. The molecule has 0 fully saturated rings. The molecule has 2 aromatic rings. The van der Waals surface area contributed by atoms with Gasteiger partial charge in [0.05, 0.1) is 11.6 Å². The molecule has 0 aromatic heterocycles. The van der Waals surface area contributed by atoms with Crippen molar-refractivity contribution in [2.45, 2.75) is 32.3 Å². The zero-order valence-corrected chi connectivity index (χ0v) is 16.1. The number of nitrogens with one attached hydrogen (secondary N) is 1. The van der Waals surface area contributed by atoms with E-state index in [9.17, 15) is 14.4 Å². The van der Waals surface area contributed by atoms with Crippen molar-refractivity contribution < 1.29 is 19.1 Å². The molecule has 1 N–H and O–H groups in total. The summed E-state index contributed by atoms with van der Waals surface area (Å²) in [5.41, 5.74) is 2.71. The first kappa shape index (κ1) is 20.1. The first-order valence-corrected chi connectivity index (χ1v) is 9.36. The molecule has 1 aliphatic rings. The van der Waals surface area contributed by atoms with Crippen LogP contribution < -0.4 is 10.2 Å². The number of esters is 1. The van der Waals surface area contributed by atoms with Gasteiger partial charge in [-0.1, -0.05) is 18.2 Å². The molecule has 0 aliphatic carbocycles. The van der Waals surface area contributed by atoms with Gasteiger partial charge in [-0.3, -0.25) is 9.59 Å². The minimum Gasteiger partial charge on any atom is -0.449 e. The van der Waals surface area contributed by atoms with Crippen molar-refractivity contribution in [1.29, 1.82) is 5.26 Å². The molecule has 0 radical (unpaired) electrons. The molecular weight excluding hydrogens is 370 g/mol. The van der Waals surface area contributed by atoms with Crippen LogP contribution in [-0.4, -0.2) is 30.4 Å². The average molecular weight is 391 g/mol. The lowest BCUT2D eigenvalue weighted by Gasteiger charge is -2.31. The van der Waals surface area contributed by atoms with Gasteiger partial charge in [-0.05, 0) is 55.7 Å². The molecule has 7 nitrogen and oxygen atoms in total. The summed E-state index contributed by atoms with van der Waals surface area (Å²) in [7, 11) is 0. The molecule has 1 heterocycles. The summed E-state index contributed by atoms with van der Waals surface area (Å²) in [6, 6.07) is 15.6. The van der Waals surface area contributed by atoms with E-state index < -0.39 is 18.0 Å². The SMILES string of the molecule is CC(OC(=O)c1ccc(NC(=O)CC#N)cc1)C(=O)N1CCCc2ccccc21. The molecule has 3 rings (SSSR count). The van der Waals surface area contributed by atoms with Gasteiger partial charge in [0.2, 0.25) is 5.91 Å². The maximum absolute atomic E-state index is 12.8. The summed E-state index contributed by atoms with van der Waals surface area (Å²) in [4.78, 5) is 38.3.